The van der Waals surface area contributed by atoms with E-state index in [0.29, 0.717) is 6.04 Å². The molecule has 0 radical (unpaired) electrons. The zero-order valence-corrected chi connectivity index (χ0v) is 12.8. The van der Waals surface area contributed by atoms with Gasteiger partial charge in [0, 0.05) is 62.9 Å². The molecule has 2 fully saturated rings. The summed E-state index contributed by atoms with van der Waals surface area (Å²) >= 11 is 2.10. The van der Waals surface area contributed by atoms with Crippen molar-refractivity contribution in [3.05, 3.63) is 0 Å². The molecular formula is C14H29N3S. The summed E-state index contributed by atoms with van der Waals surface area (Å²) in [6, 6.07) is 1.43. The van der Waals surface area contributed by atoms with Crippen LogP contribution >= 0.6 is 11.8 Å². The molecule has 0 aromatic heterocycles. The molecule has 3 nitrogen and oxygen atoms in total. The standard InChI is InChI=1S/C14H29N3S/c1-3-4-14-12-17(13(2)11-15-14)6-5-16-7-9-18-10-8-16/h13-15H,3-12H2,1-2H3. The molecule has 0 saturated carbocycles. The lowest BCUT2D eigenvalue weighted by atomic mass is 10.1. The fourth-order valence-corrected chi connectivity index (χ4v) is 3.92. The highest BCUT2D eigenvalue weighted by molar-refractivity contribution is 7.99. The summed E-state index contributed by atoms with van der Waals surface area (Å²) in [7, 11) is 0. The molecular weight excluding hydrogens is 242 g/mol. The summed E-state index contributed by atoms with van der Waals surface area (Å²) in [5.74, 6) is 2.66. The molecule has 106 valence electrons. The molecule has 0 aromatic carbocycles. The first kappa shape index (κ1) is 14.6. The van der Waals surface area contributed by atoms with Gasteiger partial charge in [-0.05, 0) is 13.3 Å². The van der Waals surface area contributed by atoms with Crippen LogP contribution in [0.1, 0.15) is 26.7 Å². The van der Waals surface area contributed by atoms with Gasteiger partial charge in [-0.1, -0.05) is 13.3 Å². The fourth-order valence-electron chi connectivity index (χ4n) is 2.94. The zero-order chi connectivity index (χ0) is 12.8. The van der Waals surface area contributed by atoms with E-state index < -0.39 is 0 Å². The van der Waals surface area contributed by atoms with Crippen LogP contribution in [0.2, 0.25) is 0 Å². The van der Waals surface area contributed by atoms with Crippen LogP contribution in [0.5, 0.6) is 0 Å². The lowest BCUT2D eigenvalue weighted by Crippen LogP contribution is -2.56. The van der Waals surface area contributed by atoms with E-state index in [1.165, 1.54) is 63.6 Å². The van der Waals surface area contributed by atoms with E-state index in [1.807, 2.05) is 0 Å². The van der Waals surface area contributed by atoms with Gasteiger partial charge < -0.3 is 10.2 Å². The molecule has 2 saturated heterocycles. The fraction of sp³-hybridized carbons (Fsp3) is 1.00. The van der Waals surface area contributed by atoms with E-state index in [-0.39, 0.29) is 0 Å². The highest BCUT2D eigenvalue weighted by Crippen LogP contribution is 2.12. The van der Waals surface area contributed by atoms with Gasteiger partial charge in [0.15, 0.2) is 0 Å². The maximum absolute atomic E-state index is 3.68. The Kier molecular flexibility index (Phi) is 6.29. The first-order valence-electron chi connectivity index (χ1n) is 7.57. The van der Waals surface area contributed by atoms with Crippen molar-refractivity contribution in [2.45, 2.75) is 38.8 Å². The summed E-state index contributed by atoms with van der Waals surface area (Å²) in [4.78, 5) is 5.33. The van der Waals surface area contributed by atoms with Gasteiger partial charge in [0.25, 0.3) is 0 Å². The third-order valence-corrected chi connectivity index (χ3v) is 5.17. The van der Waals surface area contributed by atoms with Crippen molar-refractivity contribution in [1.82, 2.24) is 15.1 Å². The molecule has 0 amide bonds. The van der Waals surface area contributed by atoms with Crippen molar-refractivity contribution in [3.8, 4) is 0 Å². The minimum absolute atomic E-state index is 0.706. The SMILES string of the molecule is CCCC1CN(CCN2CCSCC2)C(C)CN1. The van der Waals surface area contributed by atoms with E-state index in [9.17, 15) is 0 Å². The Balaban J connectivity index is 1.72. The first-order valence-corrected chi connectivity index (χ1v) is 8.72. The quantitative estimate of drug-likeness (QED) is 0.816. The Morgan fingerprint density at radius 2 is 2.00 bits per heavy atom. The van der Waals surface area contributed by atoms with Gasteiger partial charge in [0.1, 0.15) is 0 Å². The predicted molar refractivity (Wildman–Crippen MR) is 81.5 cm³/mol. The summed E-state index contributed by atoms with van der Waals surface area (Å²) in [6.07, 6.45) is 2.62. The van der Waals surface area contributed by atoms with Crippen molar-refractivity contribution in [3.63, 3.8) is 0 Å². The predicted octanol–water partition coefficient (Wildman–Crippen LogP) is 1.50. The zero-order valence-electron chi connectivity index (χ0n) is 12.0. The van der Waals surface area contributed by atoms with Crippen molar-refractivity contribution in [2.75, 3.05) is 50.8 Å². The van der Waals surface area contributed by atoms with Crippen molar-refractivity contribution >= 4 is 11.8 Å². The maximum Gasteiger partial charge on any atom is 0.0195 e. The van der Waals surface area contributed by atoms with Crippen LogP contribution in [0.15, 0.2) is 0 Å². The van der Waals surface area contributed by atoms with Crippen LogP contribution in [0.25, 0.3) is 0 Å². The van der Waals surface area contributed by atoms with Gasteiger partial charge >= 0.3 is 0 Å². The number of nitrogens with zero attached hydrogens (tertiary/aromatic N) is 2. The minimum Gasteiger partial charge on any atom is -0.311 e. The van der Waals surface area contributed by atoms with Crippen LogP contribution in [0.3, 0.4) is 0 Å². The first-order chi connectivity index (χ1) is 8.79. The summed E-state index contributed by atoms with van der Waals surface area (Å²) < 4.78 is 0. The second kappa shape index (κ2) is 7.73. The third-order valence-electron chi connectivity index (χ3n) is 4.22. The monoisotopic (exact) mass is 271 g/mol. The Labute approximate surface area is 117 Å². The van der Waals surface area contributed by atoms with E-state index in [2.05, 4.69) is 40.7 Å². The van der Waals surface area contributed by atoms with Crippen molar-refractivity contribution in [1.29, 1.82) is 0 Å². The Morgan fingerprint density at radius 3 is 2.72 bits per heavy atom. The summed E-state index contributed by atoms with van der Waals surface area (Å²) in [5, 5.41) is 3.68. The minimum atomic E-state index is 0.706. The van der Waals surface area contributed by atoms with Crippen LogP contribution < -0.4 is 5.32 Å². The molecule has 2 aliphatic heterocycles. The molecule has 2 atom stereocenters. The number of rotatable bonds is 5. The Hall–Kier alpha value is 0.230. The van der Waals surface area contributed by atoms with E-state index in [0.717, 1.165) is 6.04 Å². The molecule has 2 heterocycles. The van der Waals surface area contributed by atoms with Crippen molar-refractivity contribution in [2.24, 2.45) is 0 Å². The molecule has 18 heavy (non-hydrogen) atoms. The topological polar surface area (TPSA) is 18.5 Å². The highest BCUT2D eigenvalue weighted by atomic mass is 32.2. The average Bonchev–Trinajstić information content (AvgIpc) is 2.41. The smallest absolute Gasteiger partial charge is 0.0195 e. The number of hydrogen-bond acceptors (Lipinski definition) is 4. The normalized spacial score (nSPS) is 31.7. The molecule has 0 aromatic rings. The molecule has 0 aliphatic carbocycles. The molecule has 0 spiro atoms. The summed E-state index contributed by atoms with van der Waals surface area (Å²) in [6.45, 7) is 12.2. The lowest BCUT2D eigenvalue weighted by Gasteiger charge is -2.40. The van der Waals surface area contributed by atoms with Crippen molar-refractivity contribution < 1.29 is 0 Å². The van der Waals surface area contributed by atoms with E-state index >= 15 is 0 Å². The van der Waals surface area contributed by atoms with Gasteiger partial charge in [-0.25, -0.2) is 0 Å². The molecule has 0 bridgehead atoms. The largest absolute Gasteiger partial charge is 0.311 e. The van der Waals surface area contributed by atoms with Gasteiger partial charge in [0.05, 0.1) is 0 Å². The Morgan fingerprint density at radius 1 is 1.22 bits per heavy atom. The van der Waals surface area contributed by atoms with Crippen LogP contribution in [-0.4, -0.2) is 72.7 Å². The second-order valence-electron chi connectivity index (χ2n) is 5.69. The maximum atomic E-state index is 3.68. The van der Waals surface area contributed by atoms with E-state index in [4.69, 9.17) is 0 Å². The second-order valence-corrected chi connectivity index (χ2v) is 6.92. The number of piperazine rings is 1. The average molecular weight is 271 g/mol. The lowest BCUT2D eigenvalue weighted by molar-refractivity contribution is 0.120. The van der Waals surface area contributed by atoms with Gasteiger partial charge in [-0.15, -0.1) is 0 Å². The van der Waals surface area contributed by atoms with Gasteiger partial charge in [0.2, 0.25) is 0 Å². The third kappa shape index (κ3) is 4.41. The van der Waals surface area contributed by atoms with Gasteiger partial charge in [-0.2, -0.15) is 11.8 Å². The van der Waals surface area contributed by atoms with Crippen LogP contribution in [0, 0.1) is 0 Å². The molecule has 2 unspecified atom stereocenters. The molecule has 4 heteroatoms. The summed E-state index contributed by atoms with van der Waals surface area (Å²) in [5.41, 5.74) is 0. The number of nitrogens with one attached hydrogen (secondary N) is 1. The van der Waals surface area contributed by atoms with E-state index in [1.54, 1.807) is 0 Å². The Bertz CT molecular complexity index is 231. The molecule has 1 N–H and O–H groups in total. The number of hydrogen-bond donors (Lipinski definition) is 1. The number of thioether (sulfide) groups is 1. The highest BCUT2D eigenvalue weighted by Gasteiger charge is 2.24. The van der Waals surface area contributed by atoms with Gasteiger partial charge in [-0.3, -0.25) is 4.90 Å². The van der Waals surface area contributed by atoms with Crippen LogP contribution in [-0.2, 0) is 0 Å². The molecule has 2 aliphatic rings. The molecule has 2 rings (SSSR count). The van der Waals surface area contributed by atoms with Crippen LogP contribution in [0.4, 0.5) is 0 Å².